The molecule has 0 radical (unpaired) electrons. The topological polar surface area (TPSA) is 113 Å². The van der Waals surface area contributed by atoms with Crippen molar-refractivity contribution >= 4 is 23.8 Å². The largest absolute Gasteiger partial charge is 0.467 e. The highest BCUT2D eigenvalue weighted by molar-refractivity contribution is 5.99. The number of esters is 1. The summed E-state index contributed by atoms with van der Waals surface area (Å²) in [6, 6.07) is 3.16. The fourth-order valence-electron chi connectivity index (χ4n) is 4.46. The lowest BCUT2D eigenvalue weighted by Crippen LogP contribution is -2.36. The lowest BCUT2D eigenvalue weighted by molar-refractivity contribution is -0.153. The van der Waals surface area contributed by atoms with Gasteiger partial charge in [0, 0.05) is 26.1 Å². The van der Waals surface area contributed by atoms with Gasteiger partial charge in [0.25, 0.3) is 0 Å². The average Bonchev–Trinajstić information content (AvgIpc) is 3.18. The molecule has 1 fully saturated rings. The van der Waals surface area contributed by atoms with Crippen molar-refractivity contribution in [3.05, 3.63) is 41.2 Å². The van der Waals surface area contributed by atoms with Crippen LogP contribution in [0, 0.1) is 5.92 Å². The van der Waals surface area contributed by atoms with E-state index in [0.29, 0.717) is 11.3 Å². The Morgan fingerprint density at radius 1 is 1.22 bits per heavy atom. The normalized spacial score (nSPS) is 27.9. The van der Waals surface area contributed by atoms with Crippen LogP contribution in [0.5, 0.6) is 5.75 Å². The van der Waals surface area contributed by atoms with Crippen LogP contribution in [0.15, 0.2) is 30.1 Å². The number of halogens is 1. The summed E-state index contributed by atoms with van der Waals surface area (Å²) in [6.45, 7) is 11.8. The summed E-state index contributed by atoms with van der Waals surface area (Å²) >= 11 is 0. The van der Waals surface area contributed by atoms with E-state index < -0.39 is 59.6 Å². The van der Waals surface area contributed by atoms with Gasteiger partial charge >= 0.3 is 12.1 Å². The molecule has 11 heteroatoms. The third-order valence-corrected chi connectivity index (χ3v) is 6.65. The van der Waals surface area contributed by atoms with Gasteiger partial charge in [-0.3, -0.25) is 4.90 Å². The van der Waals surface area contributed by atoms with E-state index >= 15 is 4.39 Å². The zero-order valence-electron chi connectivity index (χ0n) is 25.2. The molecule has 0 aromatic heterocycles. The molecule has 41 heavy (non-hydrogen) atoms. The van der Waals surface area contributed by atoms with Crippen molar-refractivity contribution in [2.75, 3.05) is 25.9 Å². The van der Waals surface area contributed by atoms with Crippen molar-refractivity contribution in [3.63, 3.8) is 0 Å². The Balaban J connectivity index is 2.14. The monoisotopic (exact) mass is 579 g/mol. The smallest absolute Gasteiger partial charge is 0.414 e. The minimum Gasteiger partial charge on any atom is -0.467 e. The lowest BCUT2D eigenvalue weighted by Gasteiger charge is -2.26. The number of carbonyl (C=O) groups is 2. The first-order valence-electron chi connectivity index (χ1n) is 13.6. The zero-order valence-corrected chi connectivity index (χ0v) is 25.2. The summed E-state index contributed by atoms with van der Waals surface area (Å²) in [5, 5.41) is 10.8. The second-order valence-corrected chi connectivity index (χ2v) is 11.7. The summed E-state index contributed by atoms with van der Waals surface area (Å²) in [6.07, 6.45) is 0.227. The van der Waals surface area contributed by atoms with Gasteiger partial charge in [0.05, 0.1) is 11.8 Å². The van der Waals surface area contributed by atoms with Crippen LogP contribution in [0.4, 0.5) is 14.9 Å². The zero-order chi connectivity index (χ0) is 30.7. The molecular weight excluding hydrogens is 537 g/mol. The predicted molar refractivity (Wildman–Crippen MR) is 150 cm³/mol. The summed E-state index contributed by atoms with van der Waals surface area (Å²) in [7, 11) is 2.98. The van der Waals surface area contributed by atoms with Crippen LogP contribution in [-0.2, 0) is 23.7 Å². The maximum Gasteiger partial charge on any atom is 0.414 e. The fraction of sp³-hybridized carbons (Fsp3) is 0.600. The first-order chi connectivity index (χ1) is 19.0. The van der Waals surface area contributed by atoms with Crippen molar-refractivity contribution in [1.29, 1.82) is 0 Å². The molecule has 1 aromatic rings. The third kappa shape index (κ3) is 8.28. The number of hydrogen-bond acceptors (Lipinski definition) is 9. The lowest BCUT2D eigenvalue weighted by atomic mass is 9.98. The van der Waals surface area contributed by atoms with Gasteiger partial charge in [-0.05, 0) is 65.7 Å². The van der Waals surface area contributed by atoms with Gasteiger partial charge in [-0.15, -0.1) is 0 Å². The van der Waals surface area contributed by atoms with Gasteiger partial charge in [-0.25, -0.2) is 14.0 Å². The molecule has 0 spiro atoms. The van der Waals surface area contributed by atoms with Gasteiger partial charge in [-0.2, -0.15) is 0 Å². The summed E-state index contributed by atoms with van der Waals surface area (Å²) < 4.78 is 49.0. The molecule has 0 saturated carbocycles. The molecule has 0 unspecified atom stereocenters. The Morgan fingerprint density at radius 3 is 2.54 bits per heavy atom. The number of ether oxygens (including phenoxy) is 6. The van der Waals surface area contributed by atoms with Gasteiger partial charge < -0.3 is 33.5 Å². The second kappa shape index (κ2) is 12.9. The number of aliphatic hydroxyl groups excluding tert-OH is 1. The fourth-order valence-corrected chi connectivity index (χ4v) is 4.46. The van der Waals surface area contributed by atoms with Crippen LogP contribution < -0.4 is 9.64 Å². The second-order valence-electron chi connectivity index (χ2n) is 11.7. The molecule has 228 valence electrons. The highest BCUT2D eigenvalue weighted by Crippen LogP contribution is 2.36. The minimum atomic E-state index is -1.57. The molecular formula is C30H42FNO9. The standard InChI is InChI=1S/C30H42FNO9/c1-17-13-21(31)25(33)26-22(39-30(6,7)40-26)12-10-11-19-14-20(32(8)28(35)41-29(3,4)5)15-23(37-16-36-9)24(19)27(34)38-18(17)2/h10-11,13-15,17-18,22,25-26,33H,12,16H2,1-9H3/b11-10?,21-13+/t17-,18+,22+,25-,26+/m1/s1. The molecule has 1 N–H and O–H groups in total. The number of anilines is 1. The third-order valence-electron chi connectivity index (χ3n) is 6.65. The Kier molecular flexibility index (Phi) is 10.2. The Labute approximate surface area is 241 Å². The Bertz CT molecular complexity index is 1170. The maximum atomic E-state index is 15.1. The molecule has 0 bridgehead atoms. The van der Waals surface area contributed by atoms with Crippen LogP contribution in [0.25, 0.3) is 6.08 Å². The first-order valence-corrected chi connectivity index (χ1v) is 13.6. The number of benzene rings is 1. The van der Waals surface area contributed by atoms with Crippen molar-refractivity contribution in [2.24, 2.45) is 5.92 Å². The van der Waals surface area contributed by atoms with Gasteiger partial charge in [-0.1, -0.05) is 19.1 Å². The maximum absolute atomic E-state index is 15.1. The van der Waals surface area contributed by atoms with Crippen LogP contribution in [0.2, 0.25) is 0 Å². The summed E-state index contributed by atoms with van der Waals surface area (Å²) in [4.78, 5) is 27.7. The van der Waals surface area contributed by atoms with E-state index in [9.17, 15) is 14.7 Å². The number of methoxy groups -OCH3 is 1. The molecule has 1 saturated heterocycles. The molecule has 2 heterocycles. The van der Waals surface area contributed by atoms with Crippen LogP contribution in [0.3, 0.4) is 0 Å². The van der Waals surface area contributed by atoms with Crippen molar-refractivity contribution < 1.29 is 47.5 Å². The summed E-state index contributed by atoms with van der Waals surface area (Å²) in [5.74, 6) is -3.03. The van der Waals surface area contributed by atoms with Gasteiger partial charge in [0.2, 0.25) is 0 Å². The predicted octanol–water partition coefficient (Wildman–Crippen LogP) is 5.37. The van der Waals surface area contributed by atoms with Crippen molar-refractivity contribution in [3.8, 4) is 5.75 Å². The van der Waals surface area contributed by atoms with Crippen LogP contribution in [0.1, 0.15) is 70.8 Å². The highest BCUT2D eigenvalue weighted by Gasteiger charge is 2.45. The van der Waals surface area contributed by atoms with E-state index in [1.165, 1.54) is 24.2 Å². The van der Waals surface area contributed by atoms with Gasteiger partial charge in [0.15, 0.2) is 12.6 Å². The number of amides is 1. The number of carbonyl (C=O) groups excluding carboxylic acids is 2. The number of aliphatic hydroxyl groups is 1. The number of rotatable bonds is 4. The van der Waals surface area contributed by atoms with Crippen molar-refractivity contribution in [2.45, 2.75) is 90.7 Å². The molecule has 5 atom stereocenters. The molecule has 1 aromatic carbocycles. The molecule has 2 aliphatic rings. The number of hydrogen-bond donors (Lipinski definition) is 1. The van der Waals surface area contributed by atoms with Crippen molar-refractivity contribution in [1.82, 2.24) is 0 Å². The van der Waals surface area contributed by atoms with E-state index in [0.717, 1.165) is 0 Å². The minimum absolute atomic E-state index is 0.0979. The quantitative estimate of drug-likeness (QED) is 0.371. The van der Waals surface area contributed by atoms with E-state index in [1.54, 1.807) is 73.7 Å². The molecule has 10 nitrogen and oxygen atoms in total. The average molecular weight is 580 g/mol. The van der Waals surface area contributed by atoms with Crippen LogP contribution >= 0.6 is 0 Å². The van der Waals surface area contributed by atoms with Gasteiger partial charge in [0.1, 0.15) is 41.1 Å². The van der Waals surface area contributed by atoms with E-state index in [1.807, 2.05) is 0 Å². The SMILES string of the molecule is COCOc1cc(N(C)C(=O)OC(C)(C)C)cc2c1C(=O)O[C@@H](C)[C@H](C)/C=C(/F)[C@@H](O)[C@H]1OC(C)(C)O[C@H]1CC=C2. The Morgan fingerprint density at radius 2 is 1.90 bits per heavy atom. The first kappa shape index (κ1) is 32.5. The molecule has 3 rings (SSSR count). The van der Waals surface area contributed by atoms with E-state index in [4.69, 9.17) is 28.4 Å². The molecule has 1 amide bonds. The number of nitrogens with zero attached hydrogens (tertiary/aromatic N) is 1. The molecule has 2 aliphatic heterocycles. The summed E-state index contributed by atoms with van der Waals surface area (Å²) in [5.41, 5.74) is 0.157. The Hall–Kier alpha value is -2.99. The number of cyclic esters (lactones) is 1. The number of fused-ring (bicyclic) bond motifs is 2. The highest BCUT2D eigenvalue weighted by atomic mass is 19.1. The molecule has 0 aliphatic carbocycles. The van der Waals surface area contributed by atoms with E-state index in [-0.39, 0.29) is 24.5 Å². The van der Waals surface area contributed by atoms with Crippen LogP contribution in [-0.4, -0.2) is 73.9 Å². The van der Waals surface area contributed by atoms with E-state index in [2.05, 4.69) is 0 Å².